The van der Waals surface area contributed by atoms with Crippen LogP contribution in [0.4, 0.5) is 4.79 Å². The molecular weight excluding hydrogens is 260 g/mol. The van der Waals surface area contributed by atoms with Crippen molar-refractivity contribution in [2.45, 2.75) is 31.7 Å². The van der Waals surface area contributed by atoms with Gasteiger partial charge in [-0.15, -0.1) is 0 Å². The molecule has 2 aliphatic rings. The van der Waals surface area contributed by atoms with Crippen LogP contribution in [0, 0.1) is 0 Å². The lowest BCUT2D eigenvalue weighted by atomic mass is 9.89. The van der Waals surface area contributed by atoms with E-state index in [4.69, 9.17) is 0 Å². The number of carbonyl (C=O) groups excluding carboxylic acids is 1. The first-order chi connectivity index (χ1) is 9.43. The van der Waals surface area contributed by atoms with Crippen LogP contribution in [-0.2, 0) is 4.79 Å². The lowest BCUT2D eigenvalue weighted by Crippen LogP contribution is -2.63. The van der Waals surface area contributed by atoms with Crippen molar-refractivity contribution < 1.29 is 14.7 Å². The molecular formula is C13H24N4O3. The van der Waals surface area contributed by atoms with Crippen molar-refractivity contribution in [1.29, 1.82) is 0 Å². The maximum Gasteiger partial charge on any atom is 0.332 e. The van der Waals surface area contributed by atoms with Gasteiger partial charge in [-0.1, -0.05) is 0 Å². The average molecular weight is 284 g/mol. The van der Waals surface area contributed by atoms with Gasteiger partial charge < -0.3 is 14.9 Å². The molecule has 2 fully saturated rings. The van der Waals surface area contributed by atoms with Gasteiger partial charge in [-0.2, -0.15) is 0 Å². The number of hydrogen-bond acceptors (Lipinski definition) is 4. The molecule has 2 rings (SSSR count). The van der Waals surface area contributed by atoms with E-state index < -0.39 is 11.5 Å². The first-order valence-corrected chi connectivity index (χ1v) is 7.18. The van der Waals surface area contributed by atoms with Crippen LogP contribution in [0.25, 0.3) is 0 Å². The molecule has 0 radical (unpaired) electrons. The summed E-state index contributed by atoms with van der Waals surface area (Å²) in [5.41, 5.74) is 1.76. The van der Waals surface area contributed by atoms with Crippen LogP contribution in [0.2, 0.25) is 0 Å². The molecule has 7 nitrogen and oxygen atoms in total. The summed E-state index contributed by atoms with van der Waals surface area (Å²) in [5.74, 6) is -0.925. The number of likely N-dealkylation sites (tertiary alicyclic amines) is 1. The lowest BCUT2D eigenvalue weighted by molar-refractivity contribution is -0.150. The zero-order valence-electron chi connectivity index (χ0n) is 12.3. The van der Waals surface area contributed by atoms with Crippen LogP contribution in [0.5, 0.6) is 0 Å². The molecule has 2 heterocycles. The molecule has 0 bridgehead atoms. The van der Waals surface area contributed by atoms with E-state index in [0.29, 0.717) is 13.0 Å². The Morgan fingerprint density at radius 1 is 1.10 bits per heavy atom. The number of likely N-dealkylation sites (N-methyl/N-ethyl adjacent to an activating group) is 1. The van der Waals surface area contributed by atoms with E-state index in [-0.39, 0.29) is 6.03 Å². The van der Waals surface area contributed by atoms with Crippen LogP contribution in [0.15, 0.2) is 0 Å². The van der Waals surface area contributed by atoms with E-state index >= 15 is 0 Å². The summed E-state index contributed by atoms with van der Waals surface area (Å²) in [4.78, 5) is 27.5. The average Bonchev–Trinajstić information content (AvgIpc) is 2.41. The van der Waals surface area contributed by atoms with Crippen molar-refractivity contribution in [3.8, 4) is 0 Å². The van der Waals surface area contributed by atoms with Crippen LogP contribution in [0.1, 0.15) is 26.2 Å². The number of piperazine rings is 1. The third kappa shape index (κ3) is 3.04. The molecule has 7 heteroatoms. The quantitative estimate of drug-likeness (QED) is 0.757. The topological polar surface area (TPSA) is 76.1 Å². The zero-order valence-corrected chi connectivity index (χ0v) is 12.3. The van der Waals surface area contributed by atoms with Gasteiger partial charge in [0.15, 0.2) is 0 Å². The monoisotopic (exact) mass is 284 g/mol. The van der Waals surface area contributed by atoms with E-state index in [1.807, 2.05) is 12.1 Å². The van der Waals surface area contributed by atoms with Crippen molar-refractivity contribution in [2.75, 3.05) is 39.8 Å². The molecule has 0 spiro atoms. The summed E-state index contributed by atoms with van der Waals surface area (Å²) in [6, 6.07) is -0.292. The molecule has 2 saturated heterocycles. The third-order valence-corrected chi connectivity index (χ3v) is 4.35. The fraction of sp³-hybridized carbons (Fsp3) is 0.846. The van der Waals surface area contributed by atoms with E-state index in [2.05, 4.69) is 10.3 Å². The Morgan fingerprint density at radius 2 is 1.75 bits per heavy atom. The van der Waals surface area contributed by atoms with Crippen molar-refractivity contribution in [2.24, 2.45) is 0 Å². The summed E-state index contributed by atoms with van der Waals surface area (Å²) in [5, 5.41) is 11.3. The first kappa shape index (κ1) is 15.1. The van der Waals surface area contributed by atoms with Gasteiger partial charge in [-0.3, -0.25) is 5.43 Å². The molecule has 0 aromatic rings. The number of nitrogens with zero attached hydrogens (tertiary/aromatic N) is 3. The molecule has 0 aromatic heterocycles. The molecule has 1 unspecified atom stereocenters. The largest absolute Gasteiger partial charge is 0.480 e. The lowest BCUT2D eigenvalue weighted by Gasteiger charge is -2.43. The number of aliphatic carboxylic acids is 1. The van der Waals surface area contributed by atoms with Gasteiger partial charge in [0.25, 0.3) is 0 Å². The highest BCUT2D eigenvalue weighted by molar-refractivity contribution is 5.86. The molecule has 0 aliphatic carbocycles. The molecule has 2 amide bonds. The van der Waals surface area contributed by atoms with Crippen LogP contribution in [-0.4, -0.2) is 77.2 Å². The number of nitrogens with one attached hydrogen (secondary N) is 1. The van der Waals surface area contributed by atoms with Gasteiger partial charge in [0.2, 0.25) is 0 Å². The zero-order chi connectivity index (χ0) is 14.8. The maximum atomic E-state index is 12.4. The summed E-state index contributed by atoms with van der Waals surface area (Å²) >= 11 is 0. The Morgan fingerprint density at radius 3 is 2.35 bits per heavy atom. The molecule has 2 aliphatic heterocycles. The predicted octanol–water partition coefficient (Wildman–Crippen LogP) is 0.188. The Balaban J connectivity index is 1.98. The van der Waals surface area contributed by atoms with Crippen LogP contribution >= 0.6 is 0 Å². The number of carbonyl (C=O) groups is 2. The summed E-state index contributed by atoms with van der Waals surface area (Å²) in [7, 11) is 2.05. The van der Waals surface area contributed by atoms with Crippen LogP contribution in [0.3, 0.4) is 0 Å². The second-order valence-electron chi connectivity index (χ2n) is 5.90. The second kappa shape index (κ2) is 5.97. The standard InChI is InChI=1S/C13H24N4O3/c1-13(11(18)19)5-3-4-6-17(13)12(20)14-16-9-7-15(2)8-10-16/h3-10H2,1-2H3,(H,14,20)(H,18,19). The first-order valence-electron chi connectivity index (χ1n) is 7.18. The van der Waals surface area contributed by atoms with E-state index in [9.17, 15) is 14.7 Å². The highest BCUT2D eigenvalue weighted by Crippen LogP contribution is 2.28. The van der Waals surface area contributed by atoms with Crippen molar-refractivity contribution >= 4 is 12.0 Å². The van der Waals surface area contributed by atoms with E-state index in [1.54, 1.807) is 6.92 Å². The van der Waals surface area contributed by atoms with Gasteiger partial charge >= 0.3 is 12.0 Å². The number of urea groups is 1. The fourth-order valence-electron chi connectivity index (χ4n) is 2.78. The predicted molar refractivity (Wildman–Crippen MR) is 74.2 cm³/mol. The third-order valence-electron chi connectivity index (χ3n) is 4.35. The van der Waals surface area contributed by atoms with Crippen molar-refractivity contribution in [3.05, 3.63) is 0 Å². The smallest absolute Gasteiger partial charge is 0.332 e. The number of rotatable bonds is 2. The summed E-state index contributed by atoms with van der Waals surface area (Å²) in [6.07, 6.45) is 2.22. The van der Waals surface area contributed by atoms with Crippen molar-refractivity contribution in [3.63, 3.8) is 0 Å². The minimum Gasteiger partial charge on any atom is -0.480 e. The van der Waals surface area contributed by atoms with Gasteiger partial charge in [0.1, 0.15) is 5.54 Å². The van der Waals surface area contributed by atoms with E-state index in [1.165, 1.54) is 4.90 Å². The Labute approximate surface area is 119 Å². The van der Waals surface area contributed by atoms with Crippen LogP contribution < -0.4 is 5.43 Å². The fourth-order valence-corrected chi connectivity index (χ4v) is 2.78. The Kier molecular flexibility index (Phi) is 4.49. The number of amides is 2. The Bertz CT molecular complexity index is 382. The van der Waals surface area contributed by atoms with Gasteiger partial charge in [0.05, 0.1) is 0 Å². The van der Waals surface area contributed by atoms with Gasteiger partial charge in [-0.25, -0.2) is 14.6 Å². The van der Waals surface area contributed by atoms with Gasteiger partial charge in [0, 0.05) is 32.7 Å². The van der Waals surface area contributed by atoms with Crippen molar-refractivity contribution in [1.82, 2.24) is 20.2 Å². The molecule has 1 atom stereocenters. The summed E-state index contributed by atoms with van der Waals surface area (Å²) < 4.78 is 0. The number of carboxylic acids is 1. The van der Waals surface area contributed by atoms with Gasteiger partial charge in [-0.05, 0) is 33.2 Å². The molecule has 114 valence electrons. The number of hydrogen-bond donors (Lipinski definition) is 2. The minimum atomic E-state index is -1.09. The second-order valence-corrected chi connectivity index (χ2v) is 5.90. The SMILES string of the molecule is CN1CCN(NC(=O)N2CCCCC2(C)C(=O)O)CC1. The molecule has 20 heavy (non-hydrogen) atoms. The Hall–Kier alpha value is -1.34. The van der Waals surface area contributed by atoms with E-state index in [0.717, 1.165) is 39.0 Å². The minimum absolute atomic E-state index is 0.292. The highest BCUT2D eigenvalue weighted by atomic mass is 16.4. The normalized spacial score (nSPS) is 29.2. The maximum absolute atomic E-state index is 12.4. The number of carboxylic acid groups (broad SMARTS) is 1. The number of piperidine rings is 1. The number of hydrazine groups is 1. The molecule has 0 aromatic carbocycles. The highest BCUT2D eigenvalue weighted by Gasteiger charge is 2.44. The molecule has 2 N–H and O–H groups in total. The summed E-state index contributed by atoms with van der Waals surface area (Å²) in [6.45, 7) is 5.47. The molecule has 0 saturated carbocycles.